The van der Waals surface area contributed by atoms with Gasteiger partial charge in [0.1, 0.15) is 16.6 Å². The van der Waals surface area contributed by atoms with Gasteiger partial charge in [-0.2, -0.15) is 0 Å². The van der Waals surface area contributed by atoms with Crippen molar-refractivity contribution in [1.82, 2.24) is 0 Å². The lowest BCUT2D eigenvalue weighted by molar-refractivity contribution is -0.196. The Morgan fingerprint density at radius 3 is 2.50 bits per heavy atom. The van der Waals surface area contributed by atoms with Crippen molar-refractivity contribution in [2.24, 2.45) is 5.41 Å². The highest BCUT2D eigenvalue weighted by Crippen LogP contribution is 2.58. The molecule has 2 aliphatic rings. The molecule has 7 nitrogen and oxygen atoms in total. The van der Waals surface area contributed by atoms with Crippen molar-refractivity contribution in [3.05, 3.63) is 23.8 Å². The summed E-state index contributed by atoms with van der Waals surface area (Å²) in [7, 11) is 0. The average Bonchev–Trinajstić information content (AvgIpc) is 2.49. The van der Waals surface area contributed by atoms with E-state index in [0.717, 1.165) is 6.08 Å². The number of hydrogen-bond donors (Lipinski definition) is 4. The third-order valence-corrected chi connectivity index (χ3v) is 4.83. The molecule has 22 heavy (non-hydrogen) atoms. The molecule has 0 unspecified atom stereocenters. The van der Waals surface area contributed by atoms with Gasteiger partial charge >= 0.3 is 11.9 Å². The van der Waals surface area contributed by atoms with Gasteiger partial charge in [0, 0.05) is 12.5 Å². The molecule has 0 amide bonds. The van der Waals surface area contributed by atoms with E-state index in [-0.39, 0.29) is 6.42 Å². The zero-order valence-corrected chi connectivity index (χ0v) is 12.6. The van der Waals surface area contributed by atoms with Crippen LogP contribution in [0.3, 0.4) is 0 Å². The van der Waals surface area contributed by atoms with E-state index >= 15 is 0 Å². The fraction of sp³-hybridized carbons (Fsp3) is 0.600. The van der Waals surface area contributed by atoms with E-state index in [1.807, 2.05) is 0 Å². The molecule has 0 radical (unpaired) electrons. The first-order valence-corrected chi connectivity index (χ1v) is 6.90. The Hall–Kier alpha value is -1.70. The van der Waals surface area contributed by atoms with Crippen LogP contribution in [-0.4, -0.2) is 55.8 Å². The van der Waals surface area contributed by atoms with Gasteiger partial charge in [-0.25, -0.2) is 4.79 Å². The summed E-state index contributed by atoms with van der Waals surface area (Å²) in [5.41, 5.74) is -4.67. The third kappa shape index (κ3) is 2.00. The van der Waals surface area contributed by atoms with Gasteiger partial charge in [-0.05, 0) is 32.4 Å². The van der Waals surface area contributed by atoms with Crippen LogP contribution >= 0.6 is 0 Å². The molecule has 1 aliphatic heterocycles. The van der Waals surface area contributed by atoms with Crippen LogP contribution in [0, 0.1) is 5.41 Å². The fourth-order valence-corrected chi connectivity index (χ4v) is 3.38. The molecule has 1 aliphatic carbocycles. The van der Waals surface area contributed by atoms with Gasteiger partial charge in [0.15, 0.2) is 0 Å². The van der Waals surface area contributed by atoms with Crippen LogP contribution in [-0.2, 0) is 14.3 Å². The quantitative estimate of drug-likeness (QED) is 0.322. The van der Waals surface area contributed by atoms with Gasteiger partial charge in [0.2, 0.25) is 0 Å². The number of carbonyl (C=O) groups excluding carboxylic acids is 1. The summed E-state index contributed by atoms with van der Waals surface area (Å²) in [6.45, 7) is 4.33. The molecule has 122 valence electrons. The molecular formula is C15H20O7. The van der Waals surface area contributed by atoms with Crippen LogP contribution in [0.5, 0.6) is 0 Å². The van der Waals surface area contributed by atoms with Gasteiger partial charge in [-0.1, -0.05) is 6.08 Å². The Morgan fingerprint density at radius 1 is 1.36 bits per heavy atom. The van der Waals surface area contributed by atoms with Gasteiger partial charge in [0.25, 0.3) is 0 Å². The predicted molar refractivity (Wildman–Crippen MR) is 74.7 cm³/mol. The van der Waals surface area contributed by atoms with E-state index in [1.165, 1.54) is 32.9 Å². The maximum absolute atomic E-state index is 12.2. The zero-order chi connectivity index (χ0) is 16.9. The van der Waals surface area contributed by atoms with Crippen molar-refractivity contribution >= 4 is 11.9 Å². The van der Waals surface area contributed by atoms with Crippen LogP contribution in [0.2, 0.25) is 0 Å². The molecule has 0 aromatic rings. The standard InChI is InChI=1S/C15H20O7/c1-8(6-10(17)18)4-5-15(21)13(2)7-9(16)11(19)14(15,3)12(20)22-13/h4-6,9,11,16,19,21H,7H2,1-3H3,(H,17,18)/b5-4+,8-6-/t9-,11+,13+,14+,15-/m1/s1. The smallest absolute Gasteiger partial charge is 0.328 e. The first-order valence-electron chi connectivity index (χ1n) is 6.90. The minimum Gasteiger partial charge on any atom is -0.478 e. The number of carboxylic acids is 1. The minimum absolute atomic E-state index is 0.127. The highest BCUT2D eigenvalue weighted by atomic mass is 16.6. The van der Waals surface area contributed by atoms with Gasteiger partial charge in [0.05, 0.1) is 12.2 Å². The number of ether oxygens (including phenoxy) is 1. The van der Waals surface area contributed by atoms with E-state index < -0.39 is 40.8 Å². The molecule has 7 heteroatoms. The first kappa shape index (κ1) is 16.7. The number of rotatable bonds is 3. The second-order valence-electron chi connectivity index (χ2n) is 6.37. The molecule has 0 aromatic heterocycles. The second-order valence-corrected chi connectivity index (χ2v) is 6.37. The molecule has 4 N–H and O–H groups in total. The summed E-state index contributed by atoms with van der Waals surface area (Å²) >= 11 is 0. The molecule has 0 aromatic carbocycles. The minimum atomic E-state index is -1.87. The summed E-state index contributed by atoms with van der Waals surface area (Å²) in [6.07, 6.45) is 0.750. The van der Waals surface area contributed by atoms with E-state index in [0.29, 0.717) is 5.57 Å². The Bertz CT molecular complexity index is 580. The number of carbonyl (C=O) groups is 2. The monoisotopic (exact) mass is 312 g/mol. The average molecular weight is 312 g/mol. The van der Waals surface area contributed by atoms with E-state index in [9.17, 15) is 24.9 Å². The first-order chi connectivity index (χ1) is 9.98. The van der Waals surface area contributed by atoms with E-state index in [2.05, 4.69) is 0 Å². The summed E-state index contributed by atoms with van der Waals surface area (Å²) in [5, 5.41) is 39.9. The van der Waals surface area contributed by atoms with E-state index in [1.54, 1.807) is 0 Å². The lowest BCUT2D eigenvalue weighted by atomic mass is 9.57. The second kappa shape index (κ2) is 4.91. The van der Waals surface area contributed by atoms with Crippen LogP contribution in [0.4, 0.5) is 0 Å². The van der Waals surface area contributed by atoms with Crippen LogP contribution in [0.1, 0.15) is 27.2 Å². The van der Waals surface area contributed by atoms with Gasteiger partial charge in [-0.3, -0.25) is 4.79 Å². The molecule has 1 heterocycles. The van der Waals surface area contributed by atoms with Crippen molar-refractivity contribution in [2.45, 2.75) is 50.6 Å². The van der Waals surface area contributed by atoms with Crippen molar-refractivity contribution in [3.8, 4) is 0 Å². The van der Waals surface area contributed by atoms with Crippen LogP contribution in [0.25, 0.3) is 0 Å². The SMILES string of the molecule is CC(=C/C(=O)O)/C=C/[C@@]1(O)[C@]2(C)C[C@@H](O)[C@H](O)[C@@]1(C)C(=O)O2. The highest BCUT2D eigenvalue weighted by Gasteiger charge is 2.76. The maximum atomic E-state index is 12.2. The summed E-state index contributed by atoms with van der Waals surface area (Å²) < 4.78 is 5.25. The van der Waals surface area contributed by atoms with Crippen molar-refractivity contribution in [3.63, 3.8) is 0 Å². The fourth-order valence-electron chi connectivity index (χ4n) is 3.38. The molecule has 5 atom stereocenters. The molecule has 0 spiro atoms. The maximum Gasteiger partial charge on any atom is 0.328 e. The molecule has 1 saturated carbocycles. The van der Waals surface area contributed by atoms with Crippen molar-refractivity contribution in [2.75, 3.05) is 0 Å². The normalized spacial score (nSPS) is 45.2. The third-order valence-electron chi connectivity index (χ3n) is 4.83. The lowest BCUT2D eigenvalue weighted by Crippen LogP contribution is -2.67. The molecule has 2 rings (SSSR count). The Kier molecular flexibility index (Phi) is 3.72. The zero-order valence-electron chi connectivity index (χ0n) is 12.6. The summed E-state index contributed by atoms with van der Waals surface area (Å²) in [4.78, 5) is 22.8. The molecule has 2 bridgehead atoms. The number of esters is 1. The molecular weight excluding hydrogens is 292 g/mol. The number of aliphatic carboxylic acids is 1. The number of fused-ring (bicyclic) bond motifs is 2. The highest BCUT2D eigenvalue weighted by molar-refractivity contribution is 5.84. The number of aliphatic hydroxyl groups is 3. The Morgan fingerprint density at radius 2 is 1.95 bits per heavy atom. The Labute approximate surface area is 127 Å². The largest absolute Gasteiger partial charge is 0.478 e. The van der Waals surface area contributed by atoms with Crippen molar-refractivity contribution < 1.29 is 34.8 Å². The lowest BCUT2D eigenvalue weighted by Gasteiger charge is -2.49. The predicted octanol–water partition coefficient (Wildman–Crippen LogP) is -0.248. The number of allylic oxidation sites excluding steroid dienone is 2. The van der Waals surface area contributed by atoms with Crippen molar-refractivity contribution in [1.29, 1.82) is 0 Å². The van der Waals surface area contributed by atoms with Gasteiger partial charge < -0.3 is 25.2 Å². The number of carboxylic acid groups (broad SMARTS) is 1. The number of aliphatic hydroxyl groups excluding tert-OH is 2. The topological polar surface area (TPSA) is 124 Å². The summed E-state index contributed by atoms with van der Waals surface area (Å²) in [6, 6.07) is 0. The summed E-state index contributed by atoms with van der Waals surface area (Å²) in [5.74, 6) is -1.94. The van der Waals surface area contributed by atoms with Crippen LogP contribution in [0.15, 0.2) is 23.8 Å². The van der Waals surface area contributed by atoms with E-state index in [4.69, 9.17) is 9.84 Å². The number of hydrogen-bond acceptors (Lipinski definition) is 6. The molecule has 2 fully saturated rings. The molecule has 1 saturated heterocycles. The Balaban J connectivity index is 2.50. The van der Waals surface area contributed by atoms with Gasteiger partial charge in [-0.15, -0.1) is 0 Å². The van der Waals surface area contributed by atoms with Crippen LogP contribution < -0.4 is 0 Å².